The van der Waals surface area contributed by atoms with Gasteiger partial charge in [0.05, 0.1) is 12.1 Å². The maximum Gasteiger partial charge on any atom is 0.122 e. The van der Waals surface area contributed by atoms with Crippen LogP contribution in [0.25, 0.3) is 0 Å². The van der Waals surface area contributed by atoms with E-state index >= 15 is 0 Å². The van der Waals surface area contributed by atoms with Gasteiger partial charge in [0, 0.05) is 18.3 Å². The van der Waals surface area contributed by atoms with E-state index in [0.29, 0.717) is 5.56 Å². The minimum absolute atomic E-state index is 0.0654. The number of aliphatic hydroxyl groups is 1. The van der Waals surface area contributed by atoms with Crippen LogP contribution in [0.5, 0.6) is 0 Å². The Balaban J connectivity index is 2.94. The Bertz CT molecular complexity index is 370. The Morgan fingerprint density at radius 3 is 2.25 bits per heavy atom. The maximum atomic E-state index is 9.27. The van der Waals surface area contributed by atoms with Gasteiger partial charge in [0.25, 0.3) is 0 Å². The highest BCUT2D eigenvalue weighted by molar-refractivity contribution is 5.95. The summed E-state index contributed by atoms with van der Waals surface area (Å²) in [5.41, 5.74) is 6.77. The van der Waals surface area contributed by atoms with Gasteiger partial charge in [0.2, 0.25) is 0 Å². The lowest BCUT2D eigenvalue weighted by atomic mass is 10.0. The van der Waals surface area contributed by atoms with Crippen LogP contribution in [0.15, 0.2) is 24.3 Å². The van der Waals surface area contributed by atoms with E-state index in [0.717, 1.165) is 5.69 Å². The molecule has 0 atom stereocenters. The Morgan fingerprint density at radius 1 is 1.38 bits per heavy atom. The summed E-state index contributed by atoms with van der Waals surface area (Å²) >= 11 is 0. The number of rotatable bonds is 4. The highest BCUT2D eigenvalue weighted by Crippen LogP contribution is 2.22. The Hall–Kier alpha value is -1.55. The molecule has 0 aliphatic rings. The van der Waals surface area contributed by atoms with Gasteiger partial charge in [-0.1, -0.05) is 0 Å². The highest BCUT2D eigenvalue weighted by Gasteiger charge is 2.22. The van der Waals surface area contributed by atoms with Gasteiger partial charge in [-0.15, -0.1) is 0 Å². The lowest BCUT2D eigenvalue weighted by Crippen LogP contribution is -2.44. The normalized spacial score (nSPS) is 11.2. The molecule has 4 nitrogen and oxygen atoms in total. The molecule has 88 valence electrons. The van der Waals surface area contributed by atoms with E-state index in [1.54, 1.807) is 0 Å². The summed E-state index contributed by atoms with van der Waals surface area (Å²) < 4.78 is 0. The summed E-state index contributed by atoms with van der Waals surface area (Å²) in [5.74, 6) is 0.0654. The fraction of sp³-hybridized carbons (Fsp3) is 0.417. The second kappa shape index (κ2) is 4.53. The first kappa shape index (κ1) is 12.5. The summed E-state index contributed by atoms with van der Waals surface area (Å²) in [7, 11) is 1.93. The highest BCUT2D eigenvalue weighted by atomic mass is 16.3. The summed E-state index contributed by atoms with van der Waals surface area (Å²) in [6, 6.07) is 7.41. The number of benzene rings is 1. The molecule has 4 N–H and O–H groups in total. The smallest absolute Gasteiger partial charge is 0.122 e. The molecule has 1 rings (SSSR count). The molecule has 0 unspecified atom stereocenters. The van der Waals surface area contributed by atoms with Gasteiger partial charge in [0.1, 0.15) is 5.84 Å². The molecule has 0 amide bonds. The first-order valence-corrected chi connectivity index (χ1v) is 5.17. The second-order valence-electron chi connectivity index (χ2n) is 4.49. The molecule has 0 bridgehead atoms. The average Bonchev–Trinajstić information content (AvgIpc) is 2.28. The number of amidine groups is 1. The number of nitrogen functional groups attached to an aromatic ring is 1. The van der Waals surface area contributed by atoms with Crippen LogP contribution < -0.4 is 10.6 Å². The second-order valence-corrected chi connectivity index (χ2v) is 4.49. The largest absolute Gasteiger partial charge is 0.394 e. The first-order valence-electron chi connectivity index (χ1n) is 5.17. The van der Waals surface area contributed by atoms with Crippen molar-refractivity contribution >= 4 is 11.5 Å². The van der Waals surface area contributed by atoms with Crippen LogP contribution in [0, 0.1) is 5.41 Å². The molecule has 0 radical (unpaired) electrons. The summed E-state index contributed by atoms with van der Waals surface area (Å²) in [6.07, 6.45) is 0. The maximum absolute atomic E-state index is 9.27. The Kier molecular flexibility index (Phi) is 3.55. The van der Waals surface area contributed by atoms with Crippen molar-refractivity contribution in [2.24, 2.45) is 5.73 Å². The Morgan fingerprint density at radius 2 is 1.88 bits per heavy atom. The van der Waals surface area contributed by atoms with E-state index in [2.05, 4.69) is 0 Å². The number of hydrogen-bond acceptors (Lipinski definition) is 3. The van der Waals surface area contributed by atoms with Crippen molar-refractivity contribution in [3.8, 4) is 0 Å². The zero-order valence-electron chi connectivity index (χ0n) is 9.99. The average molecular weight is 221 g/mol. The lowest BCUT2D eigenvalue weighted by Gasteiger charge is -2.35. The van der Waals surface area contributed by atoms with Crippen molar-refractivity contribution in [3.05, 3.63) is 29.8 Å². The topological polar surface area (TPSA) is 73.3 Å². The third kappa shape index (κ3) is 2.52. The van der Waals surface area contributed by atoms with Crippen molar-refractivity contribution < 1.29 is 5.11 Å². The van der Waals surface area contributed by atoms with Crippen LogP contribution >= 0.6 is 0 Å². The van der Waals surface area contributed by atoms with E-state index in [9.17, 15) is 5.11 Å². The van der Waals surface area contributed by atoms with Crippen molar-refractivity contribution in [3.63, 3.8) is 0 Å². The molecule has 0 aromatic heterocycles. The van der Waals surface area contributed by atoms with Gasteiger partial charge in [-0.05, 0) is 38.1 Å². The van der Waals surface area contributed by atoms with Crippen molar-refractivity contribution in [2.45, 2.75) is 19.4 Å². The van der Waals surface area contributed by atoms with Crippen LogP contribution in [0.3, 0.4) is 0 Å². The molecule has 1 aromatic carbocycles. The lowest BCUT2D eigenvalue weighted by molar-refractivity contribution is 0.216. The molecule has 0 spiro atoms. The molecule has 0 aliphatic heterocycles. The number of likely N-dealkylation sites (N-methyl/N-ethyl adjacent to an activating group) is 1. The third-order valence-corrected chi connectivity index (χ3v) is 2.86. The summed E-state index contributed by atoms with van der Waals surface area (Å²) in [5, 5.41) is 16.6. The standard InChI is InChI=1S/C12H19N3O/c1-12(2,8-16)15(3)10-6-4-9(5-7-10)11(13)14/h4-7,16H,8H2,1-3H3,(H3,13,14). The summed E-state index contributed by atoms with van der Waals surface area (Å²) in [6.45, 7) is 4.01. The predicted molar refractivity (Wildman–Crippen MR) is 67.0 cm³/mol. The van der Waals surface area contributed by atoms with Crippen molar-refractivity contribution in [1.82, 2.24) is 0 Å². The van der Waals surface area contributed by atoms with Crippen molar-refractivity contribution in [1.29, 1.82) is 5.41 Å². The van der Waals surface area contributed by atoms with Gasteiger partial charge < -0.3 is 15.7 Å². The number of nitrogens with two attached hydrogens (primary N) is 1. The van der Waals surface area contributed by atoms with Gasteiger partial charge in [-0.2, -0.15) is 0 Å². The number of anilines is 1. The number of nitrogens with one attached hydrogen (secondary N) is 1. The fourth-order valence-corrected chi connectivity index (χ4v) is 1.32. The number of aliphatic hydroxyl groups excluding tert-OH is 1. The molecule has 0 aliphatic carbocycles. The summed E-state index contributed by atoms with van der Waals surface area (Å²) in [4.78, 5) is 2.00. The van der Waals surface area contributed by atoms with Gasteiger partial charge in [-0.25, -0.2) is 0 Å². The van der Waals surface area contributed by atoms with E-state index in [1.165, 1.54) is 0 Å². The minimum atomic E-state index is -0.308. The molecule has 0 heterocycles. The van der Waals surface area contributed by atoms with E-state index in [-0.39, 0.29) is 18.0 Å². The van der Waals surface area contributed by atoms with Crippen molar-refractivity contribution in [2.75, 3.05) is 18.6 Å². The molecule has 4 heteroatoms. The zero-order chi connectivity index (χ0) is 12.3. The van der Waals surface area contributed by atoms with E-state index in [1.807, 2.05) is 50.1 Å². The Labute approximate surface area is 96.2 Å². The quantitative estimate of drug-likeness (QED) is 0.528. The van der Waals surface area contributed by atoms with Crippen LogP contribution in [-0.2, 0) is 0 Å². The van der Waals surface area contributed by atoms with Gasteiger partial charge in [-0.3, -0.25) is 5.41 Å². The SMILES string of the molecule is CN(c1ccc(C(=N)N)cc1)C(C)(C)CO. The van der Waals surface area contributed by atoms with Crippen LogP contribution in [0.2, 0.25) is 0 Å². The predicted octanol–water partition coefficient (Wildman–Crippen LogP) is 1.18. The van der Waals surface area contributed by atoms with Crippen LogP contribution in [0.4, 0.5) is 5.69 Å². The fourth-order valence-electron chi connectivity index (χ4n) is 1.32. The molecule has 0 saturated heterocycles. The molecular formula is C12H19N3O. The number of nitrogens with zero attached hydrogens (tertiary/aromatic N) is 1. The minimum Gasteiger partial charge on any atom is -0.394 e. The molecule has 0 fully saturated rings. The van der Waals surface area contributed by atoms with E-state index < -0.39 is 0 Å². The van der Waals surface area contributed by atoms with Crippen LogP contribution in [0.1, 0.15) is 19.4 Å². The zero-order valence-corrected chi connectivity index (χ0v) is 9.99. The molecule has 16 heavy (non-hydrogen) atoms. The molecular weight excluding hydrogens is 202 g/mol. The third-order valence-electron chi connectivity index (χ3n) is 2.86. The van der Waals surface area contributed by atoms with E-state index in [4.69, 9.17) is 11.1 Å². The van der Waals surface area contributed by atoms with Gasteiger partial charge in [0.15, 0.2) is 0 Å². The first-order chi connectivity index (χ1) is 7.38. The van der Waals surface area contributed by atoms with Crippen LogP contribution in [-0.4, -0.2) is 30.1 Å². The number of hydrogen-bond donors (Lipinski definition) is 3. The monoisotopic (exact) mass is 221 g/mol. The van der Waals surface area contributed by atoms with Gasteiger partial charge >= 0.3 is 0 Å². The molecule has 0 saturated carbocycles. The molecule has 1 aromatic rings.